The number of carbonyl (C=O) groups is 2. The van der Waals surface area contributed by atoms with Crippen molar-refractivity contribution in [1.29, 1.82) is 0 Å². The first-order valence-corrected chi connectivity index (χ1v) is 5.84. The van der Waals surface area contributed by atoms with Crippen LogP contribution in [0.15, 0.2) is 46.0 Å². The summed E-state index contributed by atoms with van der Waals surface area (Å²) >= 11 is 0. The van der Waals surface area contributed by atoms with Crippen molar-refractivity contribution in [3.8, 4) is 0 Å². The molecule has 0 unspecified atom stereocenters. The molecule has 1 fully saturated rings. The zero-order chi connectivity index (χ0) is 13.3. The molecule has 1 saturated heterocycles. The van der Waals surface area contributed by atoms with Crippen molar-refractivity contribution >= 4 is 11.9 Å². The van der Waals surface area contributed by atoms with Gasteiger partial charge in [0.05, 0.1) is 25.1 Å². The summed E-state index contributed by atoms with van der Waals surface area (Å²) in [6.45, 7) is 0. The molecule has 1 aliphatic heterocycles. The van der Waals surface area contributed by atoms with Crippen LogP contribution in [0.25, 0.3) is 0 Å². The Morgan fingerprint density at radius 3 is 1.95 bits per heavy atom. The molecule has 0 aliphatic carbocycles. The Kier molecular flexibility index (Phi) is 2.63. The number of rotatable bonds is 4. The maximum Gasteiger partial charge on any atom is 0.322 e. The summed E-state index contributed by atoms with van der Waals surface area (Å²) in [5.74, 6) is -0.333. The molecule has 2 N–H and O–H groups in total. The van der Waals surface area contributed by atoms with Gasteiger partial charge in [-0.3, -0.25) is 10.1 Å². The zero-order valence-electron chi connectivity index (χ0n) is 10.0. The van der Waals surface area contributed by atoms with E-state index in [0.29, 0.717) is 12.8 Å². The molecule has 0 spiro atoms. The van der Waals surface area contributed by atoms with Gasteiger partial charge in [-0.25, -0.2) is 4.79 Å². The predicted molar refractivity (Wildman–Crippen MR) is 64.2 cm³/mol. The largest absolute Gasteiger partial charge is 0.472 e. The van der Waals surface area contributed by atoms with Gasteiger partial charge in [-0.1, -0.05) is 0 Å². The standard InChI is InChI=1S/C13H12N2O4/c16-11-13(15-12(17)14-11,5-9-1-3-18-7-9)6-10-2-4-19-8-10/h1-4,7-8H,5-6H2,(H2,14,15,16,17). The van der Waals surface area contributed by atoms with Crippen molar-refractivity contribution in [2.24, 2.45) is 0 Å². The highest BCUT2D eigenvalue weighted by Crippen LogP contribution is 2.23. The minimum Gasteiger partial charge on any atom is -0.472 e. The van der Waals surface area contributed by atoms with E-state index in [1.54, 1.807) is 24.7 Å². The number of carbonyl (C=O) groups excluding carboxylic acids is 2. The van der Waals surface area contributed by atoms with E-state index in [-0.39, 0.29) is 5.91 Å². The van der Waals surface area contributed by atoms with Gasteiger partial charge >= 0.3 is 6.03 Å². The SMILES string of the molecule is O=C1NC(=O)C(Cc2ccoc2)(Cc2ccoc2)N1. The molecule has 0 aromatic carbocycles. The van der Waals surface area contributed by atoms with Crippen LogP contribution < -0.4 is 10.6 Å². The van der Waals surface area contributed by atoms with Crippen molar-refractivity contribution in [2.75, 3.05) is 0 Å². The van der Waals surface area contributed by atoms with E-state index in [1.807, 2.05) is 0 Å². The Balaban J connectivity index is 1.91. The Morgan fingerprint density at radius 1 is 1.00 bits per heavy atom. The lowest BCUT2D eigenvalue weighted by Crippen LogP contribution is -2.50. The third-order valence-corrected chi connectivity index (χ3v) is 3.19. The third kappa shape index (κ3) is 2.12. The zero-order valence-corrected chi connectivity index (χ0v) is 10.0. The van der Waals surface area contributed by atoms with E-state index < -0.39 is 11.6 Å². The fourth-order valence-corrected chi connectivity index (χ4v) is 2.32. The fourth-order valence-electron chi connectivity index (χ4n) is 2.32. The van der Waals surface area contributed by atoms with Crippen LogP contribution in [0.2, 0.25) is 0 Å². The summed E-state index contributed by atoms with van der Waals surface area (Å²) in [5.41, 5.74) is 0.701. The lowest BCUT2D eigenvalue weighted by Gasteiger charge is -2.24. The molecule has 0 atom stereocenters. The van der Waals surface area contributed by atoms with Crippen molar-refractivity contribution in [3.63, 3.8) is 0 Å². The maximum absolute atomic E-state index is 12.1. The molecule has 98 valence electrons. The Hall–Kier alpha value is -2.50. The predicted octanol–water partition coefficient (Wildman–Crippen LogP) is 1.24. The van der Waals surface area contributed by atoms with E-state index in [1.165, 1.54) is 12.5 Å². The van der Waals surface area contributed by atoms with Crippen molar-refractivity contribution in [2.45, 2.75) is 18.4 Å². The highest BCUT2D eigenvalue weighted by Gasteiger charge is 2.46. The van der Waals surface area contributed by atoms with Crippen LogP contribution in [0.4, 0.5) is 4.79 Å². The van der Waals surface area contributed by atoms with Crippen LogP contribution in [0, 0.1) is 0 Å². The fraction of sp³-hybridized carbons (Fsp3) is 0.231. The first-order valence-electron chi connectivity index (χ1n) is 5.84. The van der Waals surface area contributed by atoms with Gasteiger partial charge in [0.15, 0.2) is 0 Å². The Bertz CT molecular complexity index is 550. The molecular formula is C13H12N2O4. The summed E-state index contributed by atoms with van der Waals surface area (Å²) in [6.07, 6.45) is 6.94. The summed E-state index contributed by atoms with van der Waals surface area (Å²) in [7, 11) is 0. The average Bonchev–Trinajstić information content (AvgIpc) is 3.05. The average molecular weight is 260 g/mol. The van der Waals surface area contributed by atoms with Crippen LogP contribution in [0.5, 0.6) is 0 Å². The van der Waals surface area contributed by atoms with Gasteiger partial charge in [0.2, 0.25) is 0 Å². The molecular weight excluding hydrogens is 248 g/mol. The number of nitrogens with one attached hydrogen (secondary N) is 2. The van der Waals surface area contributed by atoms with Crippen molar-refractivity contribution in [1.82, 2.24) is 10.6 Å². The molecule has 6 nitrogen and oxygen atoms in total. The van der Waals surface area contributed by atoms with Gasteiger partial charge in [0.1, 0.15) is 5.54 Å². The summed E-state index contributed by atoms with van der Waals surface area (Å²) < 4.78 is 10.0. The molecule has 3 amide bonds. The van der Waals surface area contributed by atoms with Crippen molar-refractivity contribution < 1.29 is 18.4 Å². The monoisotopic (exact) mass is 260 g/mol. The van der Waals surface area contributed by atoms with E-state index in [0.717, 1.165) is 11.1 Å². The van der Waals surface area contributed by atoms with Crippen LogP contribution in [0.1, 0.15) is 11.1 Å². The molecule has 0 radical (unpaired) electrons. The minimum atomic E-state index is -0.995. The summed E-state index contributed by atoms with van der Waals surface area (Å²) in [4.78, 5) is 23.5. The number of imide groups is 1. The number of urea groups is 1. The molecule has 0 bridgehead atoms. The van der Waals surface area contributed by atoms with Gasteiger partial charge in [0, 0.05) is 12.8 Å². The second kappa shape index (κ2) is 4.31. The van der Waals surface area contributed by atoms with E-state index in [2.05, 4.69) is 10.6 Å². The second-order valence-electron chi connectivity index (χ2n) is 4.61. The summed E-state index contributed by atoms with van der Waals surface area (Å²) in [6, 6.07) is 3.07. The van der Waals surface area contributed by atoms with E-state index in [9.17, 15) is 9.59 Å². The first-order chi connectivity index (χ1) is 9.18. The molecule has 3 heterocycles. The lowest BCUT2D eigenvalue weighted by molar-refractivity contribution is -0.123. The Morgan fingerprint density at radius 2 is 1.58 bits per heavy atom. The maximum atomic E-state index is 12.1. The van der Waals surface area contributed by atoms with Gasteiger partial charge in [-0.05, 0) is 23.3 Å². The molecule has 2 aromatic rings. The van der Waals surface area contributed by atoms with Crippen LogP contribution in [-0.4, -0.2) is 17.5 Å². The normalized spacial score (nSPS) is 17.3. The molecule has 19 heavy (non-hydrogen) atoms. The topological polar surface area (TPSA) is 84.5 Å². The highest BCUT2D eigenvalue weighted by atomic mass is 16.3. The quantitative estimate of drug-likeness (QED) is 0.810. The van der Waals surface area contributed by atoms with Crippen LogP contribution in [-0.2, 0) is 17.6 Å². The first kappa shape index (κ1) is 11.6. The van der Waals surface area contributed by atoms with E-state index >= 15 is 0 Å². The van der Waals surface area contributed by atoms with E-state index in [4.69, 9.17) is 8.83 Å². The van der Waals surface area contributed by atoms with Gasteiger partial charge in [-0.2, -0.15) is 0 Å². The Labute approximate surface area is 108 Å². The van der Waals surface area contributed by atoms with Gasteiger partial charge in [-0.15, -0.1) is 0 Å². The number of hydrogen-bond acceptors (Lipinski definition) is 4. The lowest BCUT2D eigenvalue weighted by atomic mass is 9.86. The van der Waals surface area contributed by atoms with Crippen LogP contribution in [0.3, 0.4) is 0 Å². The highest BCUT2D eigenvalue weighted by molar-refractivity contribution is 6.07. The molecule has 3 rings (SSSR count). The minimum absolute atomic E-state index is 0.333. The molecule has 1 aliphatic rings. The third-order valence-electron chi connectivity index (χ3n) is 3.19. The second-order valence-corrected chi connectivity index (χ2v) is 4.61. The number of amides is 3. The number of hydrogen-bond donors (Lipinski definition) is 2. The van der Waals surface area contributed by atoms with Gasteiger partial charge < -0.3 is 14.2 Å². The number of furan rings is 2. The molecule has 2 aromatic heterocycles. The van der Waals surface area contributed by atoms with Crippen LogP contribution >= 0.6 is 0 Å². The molecule has 6 heteroatoms. The smallest absolute Gasteiger partial charge is 0.322 e. The van der Waals surface area contributed by atoms with Crippen molar-refractivity contribution in [3.05, 3.63) is 48.3 Å². The molecule has 0 saturated carbocycles. The summed E-state index contributed by atoms with van der Waals surface area (Å²) in [5, 5.41) is 4.99. The van der Waals surface area contributed by atoms with Gasteiger partial charge in [0.25, 0.3) is 5.91 Å².